The number of aliphatic hydroxyl groups excluding tert-OH is 2. The summed E-state index contributed by atoms with van der Waals surface area (Å²) in [5.41, 5.74) is 13.2. The van der Waals surface area contributed by atoms with Gasteiger partial charge in [0.2, 0.25) is 5.91 Å². The lowest BCUT2D eigenvalue weighted by atomic mass is 9.82. The van der Waals surface area contributed by atoms with Crippen molar-refractivity contribution in [3.63, 3.8) is 0 Å². The van der Waals surface area contributed by atoms with Crippen molar-refractivity contribution in [3.8, 4) is 0 Å². The molecule has 0 aromatic rings. The minimum Gasteiger partial charge on any atom is -0.481 e. The molecule has 0 bridgehead atoms. The smallest absolute Gasteiger partial charge is 0.321 e. The van der Waals surface area contributed by atoms with Crippen LogP contribution in [-0.4, -0.2) is 73.6 Å². The molecule has 0 aliphatic heterocycles. The second kappa shape index (κ2) is 10.5. The summed E-state index contributed by atoms with van der Waals surface area (Å²) in [5, 5.41) is 42.9. The van der Waals surface area contributed by atoms with Crippen LogP contribution >= 0.6 is 0 Å². The fourth-order valence-corrected chi connectivity index (χ4v) is 1.47. The molecule has 0 saturated carbocycles. The van der Waals surface area contributed by atoms with Crippen molar-refractivity contribution < 1.29 is 44.7 Å². The van der Waals surface area contributed by atoms with Crippen LogP contribution in [0.25, 0.3) is 0 Å². The molecule has 0 fully saturated rings. The van der Waals surface area contributed by atoms with Crippen LogP contribution < -0.4 is 17.2 Å². The maximum absolute atomic E-state index is 11.0. The van der Waals surface area contributed by atoms with E-state index in [2.05, 4.69) is 0 Å². The summed E-state index contributed by atoms with van der Waals surface area (Å²) in [7, 11) is 0. The van der Waals surface area contributed by atoms with Crippen molar-refractivity contribution in [3.05, 3.63) is 0 Å². The Bertz CT molecular complexity index is 471. The Balaban J connectivity index is 0. The summed E-state index contributed by atoms with van der Waals surface area (Å²) in [5.74, 6) is -5.69. The third-order valence-electron chi connectivity index (χ3n) is 2.97. The van der Waals surface area contributed by atoms with Crippen molar-refractivity contribution in [1.82, 2.24) is 0 Å². The Morgan fingerprint density at radius 2 is 1.54 bits per heavy atom. The summed E-state index contributed by atoms with van der Waals surface area (Å²) >= 11 is 0. The lowest BCUT2D eigenvalue weighted by Gasteiger charge is -2.32. The van der Waals surface area contributed by atoms with Crippen LogP contribution in [-0.2, 0) is 19.2 Å². The Morgan fingerprint density at radius 1 is 1.08 bits per heavy atom. The minimum atomic E-state index is -2.06. The van der Waals surface area contributed by atoms with Gasteiger partial charge in [-0.25, -0.2) is 0 Å². The number of carbonyl (C=O) groups is 4. The van der Waals surface area contributed by atoms with Crippen molar-refractivity contribution in [2.45, 2.75) is 37.5 Å². The van der Waals surface area contributed by atoms with E-state index in [1.807, 2.05) is 0 Å². The number of aliphatic hydroxyl groups is 2. The van der Waals surface area contributed by atoms with Crippen LogP contribution in [0, 0.1) is 5.92 Å². The van der Waals surface area contributed by atoms with E-state index in [9.17, 15) is 24.3 Å². The molecule has 24 heavy (non-hydrogen) atoms. The number of carboxylic acid groups (broad SMARTS) is 3. The first-order valence-electron chi connectivity index (χ1n) is 6.59. The molecule has 0 aromatic heterocycles. The van der Waals surface area contributed by atoms with Crippen LogP contribution in [0.1, 0.15) is 19.8 Å². The standard InChI is InChI=1S/C8H16N2O5.C4H7NO4/c1-4(3-11)6(14)8(10,7(9)15)2-5(12)13;5-2(4(8)9)1-3(6)7/h4,6,11,14H,2-3,10H2,1H3,(H2,9,15)(H,12,13);2H,1,5H2,(H,6,7)(H,8,9)/t4?,6?,8-;2-/m10/s1. The maximum atomic E-state index is 11.0. The molecule has 0 aliphatic rings. The second-order valence-corrected chi connectivity index (χ2v) is 5.12. The quantitative estimate of drug-likeness (QED) is 0.202. The monoisotopic (exact) mass is 353 g/mol. The van der Waals surface area contributed by atoms with Gasteiger partial charge >= 0.3 is 17.9 Å². The van der Waals surface area contributed by atoms with Gasteiger partial charge in [-0.2, -0.15) is 0 Å². The average molecular weight is 353 g/mol. The fraction of sp³-hybridized carbons (Fsp3) is 0.667. The number of rotatable bonds is 9. The number of carboxylic acids is 3. The zero-order valence-corrected chi connectivity index (χ0v) is 13.0. The first-order valence-corrected chi connectivity index (χ1v) is 6.59. The van der Waals surface area contributed by atoms with Crippen LogP contribution in [0.3, 0.4) is 0 Å². The zero-order chi connectivity index (χ0) is 19.7. The van der Waals surface area contributed by atoms with Gasteiger partial charge in [0.05, 0.1) is 18.9 Å². The molecule has 140 valence electrons. The lowest BCUT2D eigenvalue weighted by Crippen LogP contribution is -2.63. The molecular weight excluding hydrogens is 330 g/mol. The van der Waals surface area contributed by atoms with E-state index in [4.69, 9.17) is 37.6 Å². The average Bonchev–Trinajstić information content (AvgIpc) is 2.44. The number of hydrogen-bond acceptors (Lipinski definition) is 8. The molecule has 11 N–H and O–H groups in total. The van der Waals surface area contributed by atoms with Gasteiger partial charge in [-0.15, -0.1) is 0 Å². The normalized spacial score (nSPS) is 16.5. The molecule has 0 spiro atoms. The van der Waals surface area contributed by atoms with E-state index in [1.165, 1.54) is 6.92 Å². The molecule has 0 heterocycles. The second-order valence-electron chi connectivity index (χ2n) is 5.12. The third kappa shape index (κ3) is 8.38. The highest BCUT2D eigenvalue weighted by atomic mass is 16.4. The summed E-state index contributed by atoms with van der Waals surface area (Å²) < 4.78 is 0. The summed E-state index contributed by atoms with van der Waals surface area (Å²) in [4.78, 5) is 41.1. The van der Waals surface area contributed by atoms with Crippen molar-refractivity contribution in [1.29, 1.82) is 0 Å². The molecule has 0 aliphatic carbocycles. The summed E-state index contributed by atoms with van der Waals surface area (Å²) in [6, 6.07) is -1.29. The van der Waals surface area contributed by atoms with Gasteiger partial charge in [0.25, 0.3) is 0 Å². The highest BCUT2D eigenvalue weighted by molar-refractivity contribution is 5.89. The highest BCUT2D eigenvalue weighted by Gasteiger charge is 2.44. The minimum absolute atomic E-state index is 0.424. The van der Waals surface area contributed by atoms with Gasteiger partial charge in [-0.05, 0) is 0 Å². The SMILES string of the molecule is CC(CO)C(O)[C@](N)(CC(=O)O)C(N)=O.N[C@@H](CC(=O)O)C(=O)O. The van der Waals surface area contributed by atoms with Gasteiger partial charge in [-0.1, -0.05) is 6.92 Å². The van der Waals surface area contributed by atoms with Crippen molar-refractivity contribution >= 4 is 23.8 Å². The van der Waals surface area contributed by atoms with Gasteiger partial charge in [0.1, 0.15) is 11.6 Å². The molecule has 0 saturated heterocycles. The van der Waals surface area contributed by atoms with E-state index in [0.717, 1.165) is 0 Å². The zero-order valence-electron chi connectivity index (χ0n) is 13.0. The van der Waals surface area contributed by atoms with Crippen LogP contribution in [0.5, 0.6) is 0 Å². The lowest BCUT2D eigenvalue weighted by molar-refractivity contribution is -0.145. The molecule has 1 amide bonds. The molecule has 0 rings (SSSR count). The third-order valence-corrected chi connectivity index (χ3v) is 2.97. The number of primary amides is 1. The van der Waals surface area contributed by atoms with Crippen LogP contribution in [0.2, 0.25) is 0 Å². The summed E-state index contributed by atoms with van der Waals surface area (Å²) in [6.45, 7) is 1.00. The fourth-order valence-electron chi connectivity index (χ4n) is 1.47. The Labute approximate surface area is 136 Å². The van der Waals surface area contributed by atoms with Gasteiger partial charge < -0.3 is 42.7 Å². The molecule has 12 nitrogen and oxygen atoms in total. The molecule has 12 heteroatoms. The van der Waals surface area contributed by atoms with Crippen LogP contribution in [0.15, 0.2) is 0 Å². The molecule has 2 unspecified atom stereocenters. The Kier molecular flexibility index (Phi) is 10.5. The predicted molar refractivity (Wildman–Crippen MR) is 78.5 cm³/mol. The highest BCUT2D eigenvalue weighted by Crippen LogP contribution is 2.19. The van der Waals surface area contributed by atoms with E-state index in [1.54, 1.807) is 0 Å². The van der Waals surface area contributed by atoms with Gasteiger partial charge in [-0.3, -0.25) is 19.2 Å². The van der Waals surface area contributed by atoms with Crippen LogP contribution in [0.4, 0.5) is 0 Å². The molecular formula is C12H23N3O9. The van der Waals surface area contributed by atoms with Gasteiger partial charge in [0, 0.05) is 12.5 Å². The number of amides is 1. The van der Waals surface area contributed by atoms with E-state index >= 15 is 0 Å². The van der Waals surface area contributed by atoms with Crippen molar-refractivity contribution in [2.24, 2.45) is 23.1 Å². The Hall–Kier alpha value is -2.28. The van der Waals surface area contributed by atoms with E-state index in [-0.39, 0.29) is 0 Å². The van der Waals surface area contributed by atoms with Gasteiger partial charge in [0.15, 0.2) is 0 Å². The number of carbonyl (C=O) groups excluding carboxylic acids is 1. The predicted octanol–water partition coefficient (Wildman–Crippen LogP) is -3.49. The van der Waals surface area contributed by atoms with Crippen molar-refractivity contribution in [2.75, 3.05) is 6.61 Å². The largest absolute Gasteiger partial charge is 0.481 e. The van der Waals surface area contributed by atoms with E-state index in [0.29, 0.717) is 0 Å². The summed E-state index contributed by atoms with van der Waals surface area (Å²) in [6.07, 6.45) is -2.82. The maximum Gasteiger partial charge on any atom is 0.321 e. The molecule has 4 atom stereocenters. The first-order chi connectivity index (χ1) is 10.8. The topological polar surface area (TPSA) is 247 Å². The number of aliphatic carboxylic acids is 3. The first kappa shape index (κ1) is 24.0. The number of nitrogens with two attached hydrogens (primary N) is 3. The molecule has 0 aromatic carbocycles. The molecule has 0 radical (unpaired) electrons. The number of hydrogen-bond donors (Lipinski definition) is 8. The Morgan fingerprint density at radius 3 is 1.75 bits per heavy atom. The van der Waals surface area contributed by atoms with E-state index < -0.39 is 66.9 Å².